The van der Waals surface area contributed by atoms with Gasteiger partial charge in [0.25, 0.3) is 0 Å². The molecule has 0 unspecified atom stereocenters. The van der Waals surface area contributed by atoms with E-state index in [1.54, 1.807) is 22.7 Å². The smallest absolute Gasteiger partial charge is 0.0941 e. The highest BCUT2D eigenvalue weighted by atomic mass is 32.1. The van der Waals surface area contributed by atoms with E-state index < -0.39 is 0 Å². The van der Waals surface area contributed by atoms with E-state index in [4.69, 9.17) is 5.73 Å². The van der Waals surface area contributed by atoms with Gasteiger partial charge in [-0.05, 0) is 30.5 Å². The van der Waals surface area contributed by atoms with Crippen molar-refractivity contribution in [1.82, 2.24) is 10.3 Å². The van der Waals surface area contributed by atoms with E-state index in [1.807, 2.05) is 0 Å². The van der Waals surface area contributed by atoms with Crippen LogP contribution in [0.25, 0.3) is 0 Å². The number of hydrogen-bond acceptors (Lipinski definition) is 5. The molecule has 0 bridgehead atoms. The Balaban J connectivity index is 1.80. The normalized spacial score (nSPS) is 10.9. The SMILES string of the molecule is Cc1ccsc1CNCc1csc(CCN)n1. The summed E-state index contributed by atoms with van der Waals surface area (Å²) in [6.07, 6.45) is 0.884. The molecule has 92 valence electrons. The molecule has 0 aliphatic rings. The van der Waals surface area contributed by atoms with E-state index in [0.717, 1.165) is 30.2 Å². The van der Waals surface area contributed by atoms with Gasteiger partial charge in [-0.1, -0.05) is 0 Å². The number of aryl methyl sites for hydroxylation is 1. The Morgan fingerprint density at radius 1 is 1.35 bits per heavy atom. The fourth-order valence-electron chi connectivity index (χ4n) is 1.56. The average molecular weight is 267 g/mol. The third-order valence-corrected chi connectivity index (χ3v) is 4.50. The van der Waals surface area contributed by atoms with Gasteiger partial charge in [0.2, 0.25) is 0 Å². The standard InChI is InChI=1S/C12H17N3S2/c1-9-3-5-16-11(9)7-14-6-10-8-17-12(15-10)2-4-13/h3,5,8,14H,2,4,6-7,13H2,1H3. The summed E-state index contributed by atoms with van der Waals surface area (Å²) in [5.41, 5.74) is 7.99. The zero-order chi connectivity index (χ0) is 12.1. The van der Waals surface area contributed by atoms with Crippen LogP contribution in [0.3, 0.4) is 0 Å². The second kappa shape index (κ2) is 6.26. The first-order valence-electron chi connectivity index (χ1n) is 5.66. The molecule has 2 aromatic rings. The van der Waals surface area contributed by atoms with Gasteiger partial charge in [0.05, 0.1) is 10.7 Å². The monoisotopic (exact) mass is 267 g/mol. The highest BCUT2D eigenvalue weighted by Crippen LogP contribution is 2.15. The fraction of sp³-hybridized carbons (Fsp3) is 0.417. The second-order valence-corrected chi connectivity index (χ2v) is 5.84. The van der Waals surface area contributed by atoms with Crippen LogP contribution in [0.2, 0.25) is 0 Å². The zero-order valence-electron chi connectivity index (χ0n) is 9.90. The van der Waals surface area contributed by atoms with Gasteiger partial charge < -0.3 is 11.1 Å². The van der Waals surface area contributed by atoms with Gasteiger partial charge in [0, 0.05) is 29.8 Å². The average Bonchev–Trinajstić information content (AvgIpc) is 2.90. The molecule has 0 saturated carbocycles. The van der Waals surface area contributed by atoms with Crippen molar-refractivity contribution in [2.24, 2.45) is 5.73 Å². The molecule has 0 amide bonds. The Labute approximate surface area is 110 Å². The van der Waals surface area contributed by atoms with E-state index in [9.17, 15) is 0 Å². The minimum absolute atomic E-state index is 0.675. The maximum Gasteiger partial charge on any atom is 0.0941 e. The molecule has 3 N–H and O–H groups in total. The first-order chi connectivity index (χ1) is 8.29. The van der Waals surface area contributed by atoms with Crippen molar-refractivity contribution >= 4 is 22.7 Å². The Hall–Kier alpha value is -0.750. The lowest BCUT2D eigenvalue weighted by molar-refractivity contribution is 0.685. The van der Waals surface area contributed by atoms with Crippen LogP contribution in [0, 0.1) is 6.92 Å². The molecule has 3 nitrogen and oxygen atoms in total. The molecule has 2 aromatic heterocycles. The Morgan fingerprint density at radius 3 is 2.94 bits per heavy atom. The molecule has 5 heteroatoms. The molecule has 0 aromatic carbocycles. The predicted octanol–water partition coefficient (Wildman–Crippen LogP) is 2.30. The molecule has 17 heavy (non-hydrogen) atoms. The number of nitrogens with zero attached hydrogens (tertiary/aromatic N) is 1. The summed E-state index contributed by atoms with van der Waals surface area (Å²) in [6, 6.07) is 2.16. The topological polar surface area (TPSA) is 50.9 Å². The summed E-state index contributed by atoms with van der Waals surface area (Å²) in [5, 5.41) is 8.80. The van der Waals surface area contributed by atoms with Crippen LogP contribution >= 0.6 is 22.7 Å². The van der Waals surface area contributed by atoms with Crippen LogP contribution in [0.4, 0.5) is 0 Å². The highest BCUT2D eigenvalue weighted by Gasteiger charge is 2.02. The second-order valence-electron chi connectivity index (χ2n) is 3.90. The van der Waals surface area contributed by atoms with Crippen molar-refractivity contribution in [3.05, 3.63) is 38.0 Å². The Bertz CT molecular complexity index is 462. The maximum atomic E-state index is 5.50. The summed E-state index contributed by atoms with van der Waals surface area (Å²) in [7, 11) is 0. The summed E-state index contributed by atoms with van der Waals surface area (Å²) < 4.78 is 0. The number of nitrogens with two attached hydrogens (primary N) is 1. The molecular weight excluding hydrogens is 250 g/mol. The lowest BCUT2D eigenvalue weighted by Gasteiger charge is -2.01. The largest absolute Gasteiger partial charge is 0.330 e. The molecule has 0 radical (unpaired) electrons. The number of thiazole rings is 1. The van der Waals surface area contributed by atoms with E-state index in [2.05, 4.69) is 34.1 Å². The summed E-state index contributed by atoms with van der Waals surface area (Å²) in [6.45, 7) is 4.58. The minimum Gasteiger partial charge on any atom is -0.330 e. The van der Waals surface area contributed by atoms with Crippen molar-refractivity contribution < 1.29 is 0 Å². The minimum atomic E-state index is 0.675. The van der Waals surface area contributed by atoms with Gasteiger partial charge in [0.1, 0.15) is 0 Å². The number of hydrogen-bond donors (Lipinski definition) is 2. The van der Waals surface area contributed by atoms with E-state index in [-0.39, 0.29) is 0 Å². The summed E-state index contributed by atoms with van der Waals surface area (Å²) >= 11 is 3.50. The van der Waals surface area contributed by atoms with Crippen LogP contribution in [0.5, 0.6) is 0 Å². The van der Waals surface area contributed by atoms with Gasteiger partial charge in [-0.2, -0.15) is 0 Å². The van der Waals surface area contributed by atoms with Crippen LogP contribution in [-0.4, -0.2) is 11.5 Å². The van der Waals surface area contributed by atoms with Crippen LogP contribution in [0.15, 0.2) is 16.8 Å². The Morgan fingerprint density at radius 2 is 2.24 bits per heavy atom. The number of nitrogens with one attached hydrogen (secondary N) is 1. The van der Waals surface area contributed by atoms with Crippen LogP contribution in [-0.2, 0) is 19.5 Å². The van der Waals surface area contributed by atoms with Crippen LogP contribution in [0.1, 0.15) is 21.1 Å². The molecule has 0 aliphatic heterocycles. The number of aromatic nitrogens is 1. The van der Waals surface area contributed by atoms with Gasteiger partial charge >= 0.3 is 0 Å². The lowest BCUT2D eigenvalue weighted by atomic mass is 10.3. The van der Waals surface area contributed by atoms with Crippen molar-refractivity contribution in [2.45, 2.75) is 26.4 Å². The lowest BCUT2D eigenvalue weighted by Crippen LogP contribution is -2.12. The molecule has 2 rings (SSSR count). The first kappa shape index (κ1) is 12.7. The van der Waals surface area contributed by atoms with Gasteiger partial charge in [-0.25, -0.2) is 4.98 Å². The highest BCUT2D eigenvalue weighted by molar-refractivity contribution is 7.10. The van der Waals surface area contributed by atoms with E-state index in [1.165, 1.54) is 10.4 Å². The molecule has 0 saturated heterocycles. The van der Waals surface area contributed by atoms with Gasteiger partial charge in [0.15, 0.2) is 0 Å². The quantitative estimate of drug-likeness (QED) is 0.844. The summed E-state index contributed by atoms with van der Waals surface area (Å²) in [5.74, 6) is 0. The van der Waals surface area contributed by atoms with Crippen LogP contribution < -0.4 is 11.1 Å². The predicted molar refractivity (Wildman–Crippen MR) is 74.5 cm³/mol. The first-order valence-corrected chi connectivity index (χ1v) is 7.42. The molecule has 0 aliphatic carbocycles. The van der Waals surface area contributed by atoms with Crippen molar-refractivity contribution in [2.75, 3.05) is 6.54 Å². The molecular formula is C12H17N3S2. The van der Waals surface area contributed by atoms with E-state index in [0.29, 0.717) is 6.54 Å². The molecule has 2 heterocycles. The maximum absolute atomic E-state index is 5.50. The van der Waals surface area contributed by atoms with Crippen molar-refractivity contribution in [3.63, 3.8) is 0 Å². The third-order valence-electron chi connectivity index (χ3n) is 2.52. The molecule has 0 spiro atoms. The van der Waals surface area contributed by atoms with Gasteiger partial charge in [-0.15, -0.1) is 22.7 Å². The fourth-order valence-corrected chi connectivity index (χ4v) is 3.25. The van der Waals surface area contributed by atoms with Crippen molar-refractivity contribution in [3.8, 4) is 0 Å². The number of thiophene rings is 1. The summed E-state index contributed by atoms with van der Waals surface area (Å²) in [4.78, 5) is 5.93. The van der Waals surface area contributed by atoms with Gasteiger partial charge in [-0.3, -0.25) is 0 Å². The molecule has 0 atom stereocenters. The van der Waals surface area contributed by atoms with Crippen molar-refractivity contribution in [1.29, 1.82) is 0 Å². The zero-order valence-corrected chi connectivity index (χ0v) is 11.5. The van der Waals surface area contributed by atoms with E-state index >= 15 is 0 Å². The third kappa shape index (κ3) is 3.61. The Kier molecular flexibility index (Phi) is 4.67. The molecule has 0 fully saturated rings. The number of rotatable bonds is 6.